The molecule has 1 aliphatic heterocycles. The Morgan fingerprint density at radius 3 is 2.85 bits per heavy atom. The summed E-state index contributed by atoms with van der Waals surface area (Å²) in [5, 5.41) is 7.97. The minimum Gasteiger partial charge on any atom is -0.381 e. The first-order valence-electron chi connectivity index (χ1n) is 9.66. The van der Waals surface area contributed by atoms with E-state index in [0.717, 1.165) is 37.8 Å². The van der Waals surface area contributed by atoms with E-state index in [2.05, 4.69) is 47.1 Å². The molecule has 2 heterocycles. The van der Waals surface area contributed by atoms with Crippen LogP contribution in [0.25, 0.3) is 5.69 Å². The fourth-order valence-corrected chi connectivity index (χ4v) is 4.13. The Bertz CT molecular complexity index is 806. The maximum absolute atomic E-state index is 12.7. The fourth-order valence-electron chi connectivity index (χ4n) is 4.13. The Kier molecular flexibility index (Phi) is 4.81. The van der Waals surface area contributed by atoms with Crippen molar-refractivity contribution in [3.8, 4) is 5.69 Å². The molecule has 0 spiro atoms. The largest absolute Gasteiger partial charge is 0.381 e. The zero-order chi connectivity index (χ0) is 18.1. The van der Waals surface area contributed by atoms with Crippen molar-refractivity contribution >= 4 is 5.91 Å². The number of ether oxygens (including phenoxy) is 1. The molecule has 26 heavy (non-hydrogen) atoms. The SMILES string of the molecule is Cc1cccc(-n2ncc3c2CCC[C@@H]3NC(=O)C2CCOCC2)c1C. The van der Waals surface area contributed by atoms with E-state index in [1.54, 1.807) is 0 Å². The minimum atomic E-state index is 0.0768. The van der Waals surface area contributed by atoms with Crippen molar-refractivity contribution in [2.75, 3.05) is 13.2 Å². The molecule has 1 aromatic heterocycles. The molecule has 0 radical (unpaired) electrons. The van der Waals surface area contributed by atoms with E-state index in [-0.39, 0.29) is 17.9 Å². The van der Waals surface area contributed by atoms with Crippen LogP contribution in [-0.2, 0) is 16.0 Å². The summed E-state index contributed by atoms with van der Waals surface area (Å²) >= 11 is 0. The second-order valence-electron chi connectivity index (χ2n) is 7.52. The highest BCUT2D eigenvalue weighted by Crippen LogP contribution is 2.32. The highest BCUT2D eigenvalue weighted by Gasteiger charge is 2.29. The monoisotopic (exact) mass is 353 g/mol. The summed E-state index contributed by atoms with van der Waals surface area (Å²) in [4.78, 5) is 12.7. The topological polar surface area (TPSA) is 56.2 Å². The molecule has 1 saturated heterocycles. The van der Waals surface area contributed by atoms with E-state index < -0.39 is 0 Å². The van der Waals surface area contributed by atoms with Gasteiger partial charge < -0.3 is 10.1 Å². The first-order chi connectivity index (χ1) is 12.6. The normalized spacial score (nSPS) is 20.6. The second kappa shape index (κ2) is 7.23. The Labute approximate surface area is 154 Å². The molecule has 1 atom stereocenters. The average Bonchev–Trinajstić information content (AvgIpc) is 3.10. The Morgan fingerprint density at radius 2 is 2.04 bits per heavy atom. The molecular weight excluding hydrogens is 326 g/mol. The van der Waals surface area contributed by atoms with Gasteiger partial charge in [-0.2, -0.15) is 5.10 Å². The molecular formula is C21H27N3O2. The van der Waals surface area contributed by atoms with Gasteiger partial charge in [0.25, 0.3) is 0 Å². The van der Waals surface area contributed by atoms with E-state index >= 15 is 0 Å². The number of hydrogen-bond donors (Lipinski definition) is 1. The van der Waals surface area contributed by atoms with Crippen LogP contribution < -0.4 is 5.32 Å². The maximum atomic E-state index is 12.7. The average molecular weight is 353 g/mol. The van der Waals surface area contributed by atoms with Gasteiger partial charge in [0.15, 0.2) is 0 Å². The number of hydrogen-bond acceptors (Lipinski definition) is 3. The molecule has 5 nitrogen and oxygen atoms in total. The number of rotatable bonds is 3. The quantitative estimate of drug-likeness (QED) is 0.920. The van der Waals surface area contributed by atoms with Crippen molar-refractivity contribution in [1.29, 1.82) is 0 Å². The molecule has 5 heteroatoms. The van der Waals surface area contributed by atoms with Crippen molar-refractivity contribution in [3.63, 3.8) is 0 Å². The number of carbonyl (C=O) groups is 1. The molecule has 4 rings (SSSR count). The molecule has 1 fully saturated rings. The van der Waals surface area contributed by atoms with E-state index in [9.17, 15) is 4.79 Å². The van der Waals surface area contributed by atoms with Gasteiger partial charge >= 0.3 is 0 Å². The highest BCUT2D eigenvalue weighted by atomic mass is 16.5. The Hall–Kier alpha value is -2.14. The zero-order valence-electron chi connectivity index (χ0n) is 15.6. The summed E-state index contributed by atoms with van der Waals surface area (Å²) in [6, 6.07) is 6.41. The van der Waals surface area contributed by atoms with Gasteiger partial charge in [0, 0.05) is 30.4 Å². The number of aryl methyl sites for hydroxylation is 1. The molecule has 1 N–H and O–H groups in total. The standard InChI is InChI=1S/C21H27N3O2/c1-14-5-3-7-19(15(14)2)24-20-8-4-6-18(17(20)13-22-24)23-21(25)16-9-11-26-12-10-16/h3,5,7,13,16,18H,4,6,8-12H2,1-2H3,(H,23,25)/t18-/m0/s1. The summed E-state index contributed by atoms with van der Waals surface area (Å²) in [6.07, 6.45) is 6.67. The van der Waals surface area contributed by atoms with Crippen LogP contribution in [-0.4, -0.2) is 28.9 Å². The third-order valence-electron chi connectivity index (χ3n) is 5.90. The Balaban J connectivity index is 1.59. The first-order valence-corrected chi connectivity index (χ1v) is 9.66. The molecule has 1 amide bonds. The number of nitrogens with one attached hydrogen (secondary N) is 1. The summed E-state index contributed by atoms with van der Waals surface area (Å²) in [5.41, 5.74) is 6.08. The van der Waals surface area contributed by atoms with Gasteiger partial charge in [-0.25, -0.2) is 4.68 Å². The second-order valence-corrected chi connectivity index (χ2v) is 7.52. The number of benzene rings is 1. The van der Waals surface area contributed by atoms with Crippen LogP contribution in [0.1, 0.15) is 54.1 Å². The lowest BCUT2D eigenvalue weighted by Crippen LogP contribution is -2.37. The predicted molar refractivity (Wildman–Crippen MR) is 100 cm³/mol. The molecule has 0 bridgehead atoms. The lowest BCUT2D eigenvalue weighted by molar-refractivity contribution is -0.128. The van der Waals surface area contributed by atoms with Crippen molar-refractivity contribution in [2.24, 2.45) is 5.92 Å². The molecule has 2 aromatic rings. The zero-order valence-corrected chi connectivity index (χ0v) is 15.6. The predicted octanol–water partition coefficient (Wildman–Crippen LogP) is 3.41. The van der Waals surface area contributed by atoms with Crippen LogP contribution in [0.4, 0.5) is 0 Å². The van der Waals surface area contributed by atoms with Crippen molar-refractivity contribution in [2.45, 2.75) is 52.0 Å². The molecule has 1 aliphatic carbocycles. The van der Waals surface area contributed by atoms with Crippen LogP contribution in [0.3, 0.4) is 0 Å². The van der Waals surface area contributed by atoms with E-state index in [4.69, 9.17) is 4.74 Å². The van der Waals surface area contributed by atoms with Crippen molar-refractivity contribution in [3.05, 3.63) is 46.8 Å². The van der Waals surface area contributed by atoms with Crippen LogP contribution in [0, 0.1) is 19.8 Å². The Morgan fingerprint density at radius 1 is 1.23 bits per heavy atom. The molecule has 138 valence electrons. The molecule has 0 saturated carbocycles. The van der Waals surface area contributed by atoms with Gasteiger partial charge in [-0.15, -0.1) is 0 Å². The van der Waals surface area contributed by atoms with Crippen LogP contribution >= 0.6 is 0 Å². The number of carbonyl (C=O) groups excluding carboxylic acids is 1. The lowest BCUT2D eigenvalue weighted by atomic mass is 9.91. The summed E-state index contributed by atoms with van der Waals surface area (Å²) in [7, 11) is 0. The van der Waals surface area contributed by atoms with Gasteiger partial charge in [0.2, 0.25) is 5.91 Å². The molecule has 0 unspecified atom stereocenters. The number of aromatic nitrogens is 2. The van der Waals surface area contributed by atoms with E-state index in [1.807, 2.05) is 6.20 Å². The number of amides is 1. The molecule has 1 aromatic carbocycles. The van der Waals surface area contributed by atoms with Crippen LogP contribution in [0.15, 0.2) is 24.4 Å². The first kappa shape index (κ1) is 17.3. The summed E-state index contributed by atoms with van der Waals surface area (Å²) in [6.45, 7) is 5.66. The van der Waals surface area contributed by atoms with Gasteiger partial charge in [-0.05, 0) is 63.1 Å². The van der Waals surface area contributed by atoms with Crippen molar-refractivity contribution in [1.82, 2.24) is 15.1 Å². The van der Waals surface area contributed by atoms with Crippen LogP contribution in [0.5, 0.6) is 0 Å². The van der Waals surface area contributed by atoms with Crippen molar-refractivity contribution < 1.29 is 9.53 Å². The van der Waals surface area contributed by atoms with Gasteiger partial charge in [-0.1, -0.05) is 12.1 Å². The number of fused-ring (bicyclic) bond motifs is 1. The minimum absolute atomic E-state index is 0.0768. The maximum Gasteiger partial charge on any atom is 0.223 e. The van der Waals surface area contributed by atoms with Gasteiger partial charge in [0.1, 0.15) is 0 Å². The molecule has 2 aliphatic rings. The number of nitrogens with zero attached hydrogens (tertiary/aromatic N) is 2. The van der Waals surface area contributed by atoms with Gasteiger partial charge in [-0.3, -0.25) is 4.79 Å². The third kappa shape index (κ3) is 3.16. The summed E-state index contributed by atoms with van der Waals surface area (Å²) in [5.74, 6) is 0.258. The van der Waals surface area contributed by atoms with Gasteiger partial charge in [0.05, 0.1) is 17.9 Å². The smallest absolute Gasteiger partial charge is 0.223 e. The summed E-state index contributed by atoms with van der Waals surface area (Å²) < 4.78 is 7.45. The van der Waals surface area contributed by atoms with E-state index in [1.165, 1.54) is 22.4 Å². The highest BCUT2D eigenvalue weighted by molar-refractivity contribution is 5.79. The lowest BCUT2D eigenvalue weighted by Gasteiger charge is -2.28. The van der Waals surface area contributed by atoms with E-state index in [0.29, 0.717) is 13.2 Å². The fraction of sp³-hybridized carbons (Fsp3) is 0.524. The third-order valence-corrected chi connectivity index (χ3v) is 5.90. The van der Waals surface area contributed by atoms with Crippen LogP contribution in [0.2, 0.25) is 0 Å².